The average molecular weight is 440 g/mol. The first-order valence-electron chi connectivity index (χ1n) is 12.5. The van der Waals surface area contributed by atoms with Crippen LogP contribution in [-0.2, 0) is 9.59 Å². The van der Waals surface area contributed by atoms with Crippen molar-refractivity contribution in [3.8, 4) is 5.75 Å². The molecule has 174 valence electrons. The fraction of sp³-hybridized carbons (Fsp3) is 0.692. The number of para-hydroxylation sites is 2. The summed E-state index contributed by atoms with van der Waals surface area (Å²) in [4.78, 5) is 31.0. The molecule has 0 aromatic heterocycles. The molecule has 1 atom stereocenters. The third-order valence-corrected chi connectivity index (χ3v) is 8.55. The van der Waals surface area contributed by atoms with Crippen LogP contribution in [0.1, 0.15) is 52.4 Å². The van der Waals surface area contributed by atoms with Gasteiger partial charge in [0.05, 0.1) is 5.69 Å². The highest BCUT2D eigenvalue weighted by atomic mass is 16.3. The highest BCUT2D eigenvalue weighted by Crippen LogP contribution is 2.60. The monoisotopic (exact) mass is 439 g/mol. The number of nitrogens with zero attached hydrogens (tertiary/aromatic N) is 2. The highest BCUT2D eigenvalue weighted by Gasteiger charge is 2.55. The van der Waals surface area contributed by atoms with E-state index in [-0.39, 0.29) is 28.9 Å². The van der Waals surface area contributed by atoms with Gasteiger partial charge in [-0.25, -0.2) is 0 Å². The lowest BCUT2D eigenvalue weighted by Crippen LogP contribution is -2.60. The fourth-order valence-corrected chi connectivity index (χ4v) is 7.29. The molecule has 1 saturated heterocycles. The van der Waals surface area contributed by atoms with Crippen LogP contribution in [0, 0.1) is 29.1 Å². The Bertz CT molecular complexity index is 840. The maximum Gasteiger partial charge on any atom is 0.245 e. The molecule has 32 heavy (non-hydrogen) atoms. The second-order valence-electron chi connectivity index (χ2n) is 11.2. The van der Waals surface area contributed by atoms with E-state index >= 15 is 0 Å². The van der Waals surface area contributed by atoms with Crippen LogP contribution in [0.25, 0.3) is 0 Å². The molecular formula is C26H37N3O3. The van der Waals surface area contributed by atoms with E-state index < -0.39 is 6.04 Å². The van der Waals surface area contributed by atoms with Crippen LogP contribution in [0.4, 0.5) is 5.69 Å². The molecule has 4 bridgehead atoms. The molecular weight excluding hydrogens is 402 g/mol. The second-order valence-corrected chi connectivity index (χ2v) is 11.2. The van der Waals surface area contributed by atoms with Crippen molar-refractivity contribution in [1.29, 1.82) is 0 Å². The predicted octanol–water partition coefficient (Wildman–Crippen LogP) is 3.40. The minimum absolute atomic E-state index is 0.0370. The van der Waals surface area contributed by atoms with Crippen LogP contribution in [0.3, 0.4) is 0 Å². The number of hydrogen-bond donors (Lipinski definition) is 2. The molecule has 6 heteroatoms. The molecule has 1 aromatic carbocycles. The van der Waals surface area contributed by atoms with Gasteiger partial charge in [-0.15, -0.1) is 0 Å². The molecule has 6 rings (SSSR count). The molecule has 2 N–H and O–H groups in total. The van der Waals surface area contributed by atoms with Crippen molar-refractivity contribution < 1.29 is 14.7 Å². The first-order valence-corrected chi connectivity index (χ1v) is 12.5. The number of rotatable bonds is 5. The molecule has 4 aliphatic carbocycles. The Balaban J connectivity index is 1.23. The lowest BCUT2D eigenvalue weighted by molar-refractivity contribution is -0.150. The molecule has 0 radical (unpaired) electrons. The Kier molecular flexibility index (Phi) is 5.58. The first-order chi connectivity index (χ1) is 15.3. The molecule has 2 amide bonds. The van der Waals surface area contributed by atoms with Gasteiger partial charge in [-0.05, 0) is 74.3 Å². The van der Waals surface area contributed by atoms with Gasteiger partial charge >= 0.3 is 0 Å². The number of piperazine rings is 1. The van der Waals surface area contributed by atoms with Crippen LogP contribution in [-0.4, -0.2) is 54.0 Å². The fourth-order valence-electron chi connectivity index (χ4n) is 7.29. The van der Waals surface area contributed by atoms with Gasteiger partial charge in [0, 0.05) is 31.6 Å². The summed E-state index contributed by atoms with van der Waals surface area (Å²) < 4.78 is 0. The summed E-state index contributed by atoms with van der Waals surface area (Å²) in [7, 11) is 0. The van der Waals surface area contributed by atoms with E-state index in [4.69, 9.17) is 0 Å². The zero-order valence-electron chi connectivity index (χ0n) is 19.4. The Morgan fingerprint density at radius 1 is 0.969 bits per heavy atom. The predicted molar refractivity (Wildman–Crippen MR) is 124 cm³/mol. The van der Waals surface area contributed by atoms with Crippen molar-refractivity contribution in [1.82, 2.24) is 10.2 Å². The summed E-state index contributed by atoms with van der Waals surface area (Å²) in [5.74, 6) is 2.63. The summed E-state index contributed by atoms with van der Waals surface area (Å²) in [6.45, 7) is 6.61. The Morgan fingerprint density at radius 3 is 2.06 bits per heavy atom. The van der Waals surface area contributed by atoms with Crippen molar-refractivity contribution in [3.63, 3.8) is 0 Å². The van der Waals surface area contributed by atoms with Gasteiger partial charge in [0.15, 0.2) is 0 Å². The van der Waals surface area contributed by atoms with Crippen molar-refractivity contribution >= 4 is 17.5 Å². The van der Waals surface area contributed by atoms with E-state index in [1.165, 1.54) is 19.3 Å². The zero-order chi connectivity index (χ0) is 22.5. The molecule has 1 aliphatic heterocycles. The van der Waals surface area contributed by atoms with E-state index in [0.717, 1.165) is 24.9 Å². The van der Waals surface area contributed by atoms with Crippen LogP contribution in [0.2, 0.25) is 0 Å². The second kappa shape index (κ2) is 8.27. The van der Waals surface area contributed by atoms with Crippen molar-refractivity contribution in [2.24, 2.45) is 29.1 Å². The number of phenols is 1. The maximum atomic E-state index is 13.6. The number of aromatic hydroxyl groups is 1. The third kappa shape index (κ3) is 3.86. The zero-order valence-corrected chi connectivity index (χ0v) is 19.4. The van der Waals surface area contributed by atoms with Crippen LogP contribution >= 0.6 is 0 Å². The van der Waals surface area contributed by atoms with Crippen molar-refractivity contribution in [3.05, 3.63) is 24.3 Å². The minimum Gasteiger partial charge on any atom is -0.506 e. The molecule has 0 spiro atoms. The average Bonchev–Trinajstić information content (AvgIpc) is 2.76. The van der Waals surface area contributed by atoms with Gasteiger partial charge in [-0.2, -0.15) is 0 Å². The van der Waals surface area contributed by atoms with Gasteiger partial charge in [0.1, 0.15) is 11.8 Å². The van der Waals surface area contributed by atoms with E-state index in [1.54, 1.807) is 6.07 Å². The number of carbonyl (C=O) groups excluding carboxylic acids is 2. The topological polar surface area (TPSA) is 72.9 Å². The molecule has 1 aromatic rings. The Labute approximate surface area is 191 Å². The third-order valence-electron chi connectivity index (χ3n) is 8.55. The first kappa shape index (κ1) is 21.6. The SMILES string of the molecule is CC(C)C(NC(=O)C12CC3CC(CC(C3)C1)C2)C(=O)N1CCN(c2ccccc2O)CC1. The van der Waals surface area contributed by atoms with Gasteiger partial charge in [-0.3, -0.25) is 9.59 Å². The van der Waals surface area contributed by atoms with Crippen LogP contribution in [0.5, 0.6) is 5.75 Å². The van der Waals surface area contributed by atoms with Gasteiger partial charge in [0.25, 0.3) is 0 Å². The number of carbonyl (C=O) groups is 2. The smallest absolute Gasteiger partial charge is 0.245 e. The highest BCUT2D eigenvalue weighted by molar-refractivity contribution is 5.90. The van der Waals surface area contributed by atoms with Crippen LogP contribution in [0.15, 0.2) is 24.3 Å². The minimum atomic E-state index is -0.466. The van der Waals surface area contributed by atoms with E-state index in [2.05, 4.69) is 10.2 Å². The van der Waals surface area contributed by atoms with E-state index in [9.17, 15) is 14.7 Å². The van der Waals surface area contributed by atoms with Crippen molar-refractivity contribution in [2.75, 3.05) is 31.1 Å². The number of hydrogen-bond acceptors (Lipinski definition) is 4. The summed E-state index contributed by atoms with van der Waals surface area (Å²) >= 11 is 0. The largest absolute Gasteiger partial charge is 0.506 e. The molecule has 1 heterocycles. The van der Waals surface area contributed by atoms with E-state index in [0.29, 0.717) is 43.9 Å². The van der Waals surface area contributed by atoms with Gasteiger partial charge in [0.2, 0.25) is 11.8 Å². The Hall–Kier alpha value is -2.24. The number of anilines is 1. The van der Waals surface area contributed by atoms with Crippen molar-refractivity contribution in [2.45, 2.75) is 58.4 Å². The number of benzene rings is 1. The quantitative estimate of drug-likeness (QED) is 0.738. The lowest BCUT2D eigenvalue weighted by atomic mass is 9.49. The summed E-state index contributed by atoms with van der Waals surface area (Å²) in [5, 5.41) is 13.4. The maximum absolute atomic E-state index is 13.6. The van der Waals surface area contributed by atoms with Crippen LogP contribution < -0.4 is 10.2 Å². The van der Waals surface area contributed by atoms with E-state index in [1.807, 2.05) is 36.9 Å². The molecule has 4 saturated carbocycles. The molecule has 1 unspecified atom stereocenters. The Morgan fingerprint density at radius 2 is 1.53 bits per heavy atom. The summed E-state index contributed by atoms with van der Waals surface area (Å²) in [5.41, 5.74) is 0.584. The lowest BCUT2D eigenvalue weighted by Gasteiger charge is -2.56. The number of amides is 2. The molecule has 5 fully saturated rings. The van der Waals surface area contributed by atoms with Gasteiger partial charge in [-0.1, -0.05) is 26.0 Å². The number of phenolic OH excluding ortho intramolecular Hbond substituents is 1. The normalized spacial score (nSPS) is 32.3. The molecule has 6 nitrogen and oxygen atoms in total. The number of nitrogens with one attached hydrogen (secondary N) is 1. The van der Waals surface area contributed by atoms with Gasteiger partial charge < -0.3 is 20.2 Å². The molecule has 5 aliphatic rings. The summed E-state index contributed by atoms with van der Waals surface area (Å²) in [6, 6.07) is 6.88. The summed E-state index contributed by atoms with van der Waals surface area (Å²) in [6.07, 6.45) is 6.97. The standard InChI is InChI=1S/C26H37N3O3/c1-17(2)23(27-25(32)26-14-18-11-19(15-26)13-20(12-18)16-26)24(31)29-9-7-28(8-10-29)21-5-3-4-6-22(21)30/h3-6,17-20,23,30H,7-16H2,1-2H3,(H,27,32).